The molecule has 0 atom stereocenters. The number of anilines is 1. The van der Waals surface area contributed by atoms with Crippen LogP contribution in [0.15, 0.2) is 42.5 Å². The predicted molar refractivity (Wildman–Crippen MR) is 77.5 cm³/mol. The number of aryl methyl sites for hydroxylation is 1. The van der Waals surface area contributed by atoms with Gasteiger partial charge in [0.2, 0.25) is 0 Å². The van der Waals surface area contributed by atoms with Crippen LogP contribution in [0.5, 0.6) is 0 Å². The minimum Gasteiger partial charge on any atom is -0.478 e. The molecule has 0 radical (unpaired) electrons. The molecule has 0 aliphatic rings. The summed E-state index contributed by atoms with van der Waals surface area (Å²) in [5.74, 6) is -2.15. The van der Waals surface area contributed by atoms with Crippen molar-refractivity contribution >= 4 is 17.6 Å². The molecule has 120 valence electrons. The number of halogens is 3. The lowest BCUT2D eigenvalue weighted by atomic mass is 10.1. The summed E-state index contributed by atoms with van der Waals surface area (Å²) in [5.41, 5.74) is -0.973. The molecule has 4 nitrogen and oxygen atoms in total. The van der Waals surface area contributed by atoms with E-state index in [9.17, 15) is 22.8 Å². The molecule has 0 aromatic heterocycles. The number of carboxylic acid groups (broad SMARTS) is 1. The monoisotopic (exact) mass is 323 g/mol. The van der Waals surface area contributed by atoms with Gasteiger partial charge in [-0.1, -0.05) is 18.2 Å². The summed E-state index contributed by atoms with van der Waals surface area (Å²) in [6.07, 6.45) is -4.66. The van der Waals surface area contributed by atoms with E-state index in [1.807, 2.05) is 0 Å². The summed E-state index contributed by atoms with van der Waals surface area (Å²) in [5, 5.41) is 11.3. The highest BCUT2D eigenvalue weighted by atomic mass is 19.4. The third kappa shape index (κ3) is 3.68. The molecule has 0 saturated carbocycles. The number of aromatic carboxylic acids is 1. The van der Waals surface area contributed by atoms with Crippen molar-refractivity contribution in [3.8, 4) is 0 Å². The molecular weight excluding hydrogens is 311 g/mol. The van der Waals surface area contributed by atoms with Gasteiger partial charge < -0.3 is 10.4 Å². The van der Waals surface area contributed by atoms with Crippen LogP contribution in [-0.2, 0) is 6.18 Å². The molecular formula is C16H12F3NO3. The summed E-state index contributed by atoms with van der Waals surface area (Å²) in [6, 6.07) is 8.40. The summed E-state index contributed by atoms with van der Waals surface area (Å²) in [7, 11) is 0. The quantitative estimate of drug-likeness (QED) is 0.898. The van der Waals surface area contributed by atoms with Gasteiger partial charge in [0.15, 0.2) is 0 Å². The molecule has 0 heterocycles. The average molecular weight is 323 g/mol. The number of amides is 1. The number of carbonyl (C=O) groups is 2. The predicted octanol–water partition coefficient (Wildman–Crippen LogP) is 3.96. The molecule has 0 bridgehead atoms. The van der Waals surface area contributed by atoms with Crippen LogP contribution in [0, 0.1) is 6.92 Å². The van der Waals surface area contributed by atoms with Crippen molar-refractivity contribution in [1.82, 2.24) is 0 Å². The van der Waals surface area contributed by atoms with Crippen LogP contribution >= 0.6 is 0 Å². The standard InChI is InChI=1S/C16H12F3NO3/c1-9-6-7-10(15(22)23)8-13(9)20-14(21)11-4-2-3-5-12(11)16(17,18)19/h2-8H,1H3,(H,20,21)(H,22,23). The van der Waals surface area contributed by atoms with Gasteiger partial charge in [-0.2, -0.15) is 13.2 Å². The third-order valence-corrected chi connectivity index (χ3v) is 3.21. The molecule has 1 amide bonds. The van der Waals surface area contributed by atoms with Crippen molar-refractivity contribution < 1.29 is 27.9 Å². The van der Waals surface area contributed by atoms with Gasteiger partial charge in [0.25, 0.3) is 5.91 Å². The van der Waals surface area contributed by atoms with Crippen LogP contribution in [0.3, 0.4) is 0 Å². The number of rotatable bonds is 3. The molecule has 0 fully saturated rings. The zero-order valence-corrected chi connectivity index (χ0v) is 11.9. The average Bonchev–Trinajstić information content (AvgIpc) is 2.48. The number of nitrogens with one attached hydrogen (secondary N) is 1. The van der Waals surface area contributed by atoms with Gasteiger partial charge in [0.1, 0.15) is 0 Å². The van der Waals surface area contributed by atoms with Crippen molar-refractivity contribution in [3.05, 3.63) is 64.7 Å². The van der Waals surface area contributed by atoms with Gasteiger partial charge >= 0.3 is 12.1 Å². The van der Waals surface area contributed by atoms with E-state index >= 15 is 0 Å². The van der Waals surface area contributed by atoms with Crippen molar-refractivity contribution in [2.24, 2.45) is 0 Å². The molecule has 2 aromatic rings. The van der Waals surface area contributed by atoms with Crippen LogP contribution in [0.1, 0.15) is 31.8 Å². The molecule has 7 heteroatoms. The highest BCUT2D eigenvalue weighted by Crippen LogP contribution is 2.32. The molecule has 0 unspecified atom stereocenters. The van der Waals surface area contributed by atoms with Crippen molar-refractivity contribution in [1.29, 1.82) is 0 Å². The van der Waals surface area contributed by atoms with Gasteiger partial charge in [-0.3, -0.25) is 4.79 Å². The van der Waals surface area contributed by atoms with Crippen LogP contribution < -0.4 is 5.32 Å². The Balaban J connectivity index is 2.38. The highest BCUT2D eigenvalue weighted by molar-refractivity contribution is 6.06. The number of benzene rings is 2. The van der Waals surface area contributed by atoms with Gasteiger partial charge in [0, 0.05) is 5.69 Å². The fourth-order valence-corrected chi connectivity index (χ4v) is 2.01. The van der Waals surface area contributed by atoms with Gasteiger partial charge in [-0.05, 0) is 36.8 Å². The molecule has 0 aliphatic heterocycles. The Morgan fingerprint density at radius 2 is 1.74 bits per heavy atom. The number of carboxylic acids is 1. The zero-order chi connectivity index (χ0) is 17.2. The molecule has 0 spiro atoms. The van der Waals surface area contributed by atoms with E-state index in [4.69, 9.17) is 5.11 Å². The Labute approximate surface area is 129 Å². The molecule has 2 N–H and O–H groups in total. The third-order valence-electron chi connectivity index (χ3n) is 3.21. The first-order chi connectivity index (χ1) is 10.7. The molecule has 0 aliphatic carbocycles. The first-order valence-corrected chi connectivity index (χ1v) is 6.51. The van der Waals surface area contributed by atoms with E-state index in [0.29, 0.717) is 5.56 Å². The number of alkyl halides is 3. The lowest BCUT2D eigenvalue weighted by molar-refractivity contribution is -0.137. The molecule has 0 saturated heterocycles. The summed E-state index contributed by atoms with van der Waals surface area (Å²) in [4.78, 5) is 23.1. The second-order valence-electron chi connectivity index (χ2n) is 4.83. The lowest BCUT2D eigenvalue weighted by Gasteiger charge is -2.14. The first-order valence-electron chi connectivity index (χ1n) is 6.51. The van der Waals surface area contributed by atoms with Crippen molar-refractivity contribution in [2.45, 2.75) is 13.1 Å². The van der Waals surface area contributed by atoms with Gasteiger partial charge in [-0.25, -0.2) is 4.79 Å². The Morgan fingerprint density at radius 3 is 2.35 bits per heavy atom. The molecule has 23 heavy (non-hydrogen) atoms. The molecule has 2 rings (SSSR count). The fraction of sp³-hybridized carbons (Fsp3) is 0.125. The van der Waals surface area contributed by atoms with Gasteiger partial charge in [-0.15, -0.1) is 0 Å². The second-order valence-corrected chi connectivity index (χ2v) is 4.83. The van der Waals surface area contributed by atoms with Gasteiger partial charge in [0.05, 0.1) is 16.7 Å². The van der Waals surface area contributed by atoms with Crippen LogP contribution in [-0.4, -0.2) is 17.0 Å². The Morgan fingerprint density at radius 1 is 1.09 bits per heavy atom. The minimum atomic E-state index is -4.66. The van der Waals surface area contributed by atoms with E-state index in [1.165, 1.54) is 30.3 Å². The number of carbonyl (C=O) groups excluding carboxylic acids is 1. The Bertz CT molecular complexity index is 769. The maximum absolute atomic E-state index is 12.9. The second kappa shape index (κ2) is 6.12. The topological polar surface area (TPSA) is 66.4 Å². The Kier molecular flexibility index (Phi) is 4.40. The maximum atomic E-state index is 12.9. The Hall–Kier alpha value is -2.83. The van der Waals surface area contributed by atoms with E-state index in [-0.39, 0.29) is 11.3 Å². The first kappa shape index (κ1) is 16.5. The minimum absolute atomic E-state index is 0.0741. The number of hydrogen-bond donors (Lipinski definition) is 2. The largest absolute Gasteiger partial charge is 0.478 e. The lowest BCUT2D eigenvalue weighted by Crippen LogP contribution is -2.19. The highest BCUT2D eigenvalue weighted by Gasteiger charge is 2.34. The fourth-order valence-electron chi connectivity index (χ4n) is 2.01. The van der Waals surface area contributed by atoms with Crippen molar-refractivity contribution in [3.63, 3.8) is 0 Å². The van der Waals surface area contributed by atoms with Crippen molar-refractivity contribution in [2.75, 3.05) is 5.32 Å². The van der Waals surface area contributed by atoms with E-state index < -0.39 is 29.2 Å². The zero-order valence-electron chi connectivity index (χ0n) is 11.9. The molecule has 2 aromatic carbocycles. The summed E-state index contributed by atoms with van der Waals surface area (Å²) in [6.45, 7) is 1.61. The van der Waals surface area contributed by atoms with E-state index in [0.717, 1.165) is 12.1 Å². The summed E-state index contributed by atoms with van der Waals surface area (Å²) >= 11 is 0. The maximum Gasteiger partial charge on any atom is 0.417 e. The smallest absolute Gasteiger partial charge is 0.417 e. The normalized spacial score (nSPS) is 11.1. The van der Waals surface area contributed by atoms with Crippen LogP contribution in [0.2, 0.25) is 0 Å². The van der Waals surface area contributed by atoms with Crippen LogP contribution in [0.4, 0.5) is 18.9 Å². The number of hydrogen-bond acceptors (Lipinski definition) is 2. The summed E-state index contributed by atoms with van der Waals surface area (Å²) < 4.78 is 38.8. The van der Waals surface area contributed by atoms with E-state index in [1.54, 1.807) is 6.92 Å². The SMILES string of the molecule is Cc1ccc(C(=O)O)cc1NC(=O)c1ccccc1C(F)(F)F. The van der Waals surface area contributed by atoms with E-state index in [2.05, 4.69) is 5.32 Å². The van der Waals surface area contributed by atoms with Crippen LogP contribution in [0.25, 0.3) is 0 Å².